The predicted octanol–water partition coefficient (Wildman–Crippen LogP) is 1.66. The number of benzene rings is 1. The lowest BCUT2D eigenvalue weighted by Gasteiger charge is -2.03. The SMILES string of the molecule is Cc1cc(F)c(CON)cc1F. The van der Waals surface area contributed by atoms with Crippen LogP contribution in [0.25, 0.3) is 0 Å². The van der Waals surface area contributed by atoms with Gasteiger partial charge in [-0.1, -0.05) is 0 Å². The van der Waals surface area contributed by atoms with Crippen molar-refractivity contribution in [3.05, 3.63) is 34.9 Å². The third-order valence-electron chi connectivity index (χ3n) is 1.57. The van der Waals surface area contributed by atoms with E-state index < -0.39 is 11.6 Å². The smallest absolute Gasteiger partial charge is 0.129 e. The molecule has 1 aromatic carbocycles. The lowest BCUT2D eigenvalue weighted by Crippen LogP contribution is -2.02. The Balaban J connectivity index is 3.05. The van der Waals surface area contributed by atoms with Crippen LogP contribution >= 0.6 is 0 Å². The van der Waals surface area contributed by atoms with Gasteiger partial charge < -0.3 is 0 Å². The number of hydrogen-bond donors (Lipinski definition) is 1. The first-order valence-electron chi connectivity index (χ1n) is 3.41. The molecule has 0 bridgehead atoms. The average Bonchev–Trinajstić information content (AvgIpc) is 2.01. The van der Waals surface area contributed by atoms with Crippen LogP contribution in [0.4, 0.5) is 8.78 Å². The highest BCUT2D eigenvalue weighted by molar-refractivity contribution is 5.24. The van der Waals surface area contributed by atoms with E-state index >= 15 is 0 Å². The molecular weight excluding hydrogens is 164 g/mol. The van der Waals surface area contributed by atoms with Crippen molar-refractivity contribution < 1.29 is 13.6 Å². The van der Waals surface area contributed by atoms with Gasteiger partial charge in [0, 0.05) is 5.56 Å². The van der Waals surface area contributed by atoms with Gasteiger partial charge >= 0.3 is 0 Å². The van der Waals surface area contributed by atoms with E-state index in [1.54, 1.807) is 0 Å². The fourth-order valence-electron chi connectivity index (χ4n) is 0.888. The van der Waals surface area contributed by atoms with Gasteiger partial charge in [-0.3, -0.25) is 4.84 Å². The van der Waals surface area contributed by atoms with Gasteiger partial charge in [-0.15, -0.1) is 0 Å². The molecule has 0 aliphatic carbocycles. The molecular formula is C8H9F2NO. The van der Waals surface area contributed by atoms with E-state index in [9.17, 15) is 8.78 Å². The highest BCUT2D eigenvalue weighted by atomic mass is 19.1. The maximum absolute atomic E-state index is 12.9. The minimum atomic E-state index is -0.501. The van der Waals surface area contributed by atoms with Crippen molar-refractivity contribution in [3.63, 3.8) is 0 Å². The van der Waals surface area contributed by atoms with Crippen LogP contribution in [-0.4, -0.2) is 0 Å². The van der Waals surface area contributed by atoms with Gasteiger partial charge in [0.2, 0.25) is 0 Å². The van der Waals surface area contributed by atoms with Gasteiger partial charge in [0.05, 0.1) is 6.61 Å². The Morgan fingerprint density at radius 2 is 2.00 bits per heavy atom. The standard InChI is InChI=1S/C8H9F2NO/c1-5-2-8(10)6(4-12-11)3-7(5)9/h2-3H,4,11H2,1H3. The van der Waals surface area contributed by atoms with E-state index in [-0.39, 0.29) is 17.7 Å². The van der Waals surface area contributed by atoms with E-state index in [1.165, 1.54) is 6.92 Å². The van der Waals surface area contributed by atoms with Crippen molar-refractivity contribution in [3.8, 4) is 0 Å². The van der Waals surface area contributed by atoms with E-state index in [4.69, 9.17) is 5.90 Å². The lowest BCUT2D eigenvalue weighted by atomic mass is 10.1. The molecule has 2 nitrogen and oxygen atoms in total. The molecule has 0 aliphatic rings. The number of aryl methyl sites for hydroxylation is 1. The van der Waals surface area contributed by atoms with Gasteiger partial charge in [-0.2, -0.15) is 0 Å². The maximum atomic E-state index is 12.9. The van der Waals surface area contributed by atoms with Crippen LogP contribution in [0.5, 0.6) is 0 Å². The fourth-order valence-corrected chi connectivity index (χ4v) is 0.888. The molecule has 0 spiro atoms. The third-order valence-corrected chi connectivity index (χ3v) is 1.57. The van der Waals surface area contributed by atoms with Gasteiger partial charge in [0.1, 0.15) is 11.6 Å². The van der Waals surface area contributed by atoms with Crippen LogP contribution in [0.1, 0.15) is 11.1 Å². The first kappa shape index (κ1) is 9.09. The zero-order valence-electron chi connectivity index (χ0n) is 6.60. The van der Waals surface area contributed by atoms with Crippen molar-refractivity contribution in [1.29, 1.82) is 0 Å². The molecule has 0 saturated carbocycles. The van der Waals surface area contributed by atoms with Gasteiger partial charge in [-0.25, -0.2) is 14.7 Å². The number of hydrogen-bond acceptors (Lipinski definition) is 2. The lowest BCUT2D eigenvalue weighted by molar-refractivity contribution is 0.121. The Morgan fingerprint density at radius 3 is 2.58 bits per heavy atom. The summed E-state index contributed by atoms with van der Waals surface area (Å²) in [6.07, 6.45) is 0. The summed E-state index contributed by atoms with van der Waals surface area (Å²) in [5.74, 6) is 3.77. The summed E-state index contributed by atoms with van der Waals surface area (Å²) in [5.41, 5.74) is 0.397. The molecule has 12 heavy (non-hydrogen) atoms. The van der Waals surface area contributed by atoms with Crippen molar-refractivity contribution in [2.45, 2.75) is 13.5 Å². The summed E-state index contributed by atoms with van der Waals surface area (Å²) < 4.78 is 25.7. The van der Waals surface area contributed by atoms with E-state index in [0.29, 0.717) is 0 Å². The first-order valence-corrected chi connectivity index (χ1v) is 3.41. The Bertz CT molecular complexity index is 289. The number of rotatable bonds is 2. The van der Waals surface area contributed by atoms with E-state index in [1.807, 2.05) is 0 Å². The van der Waals surface area contributed by atoms with Crippen molar-refractivity contribution in [2.75, 3.05) is 0 Å². The van der Waals surface area contributed by atoms with E-state index in [0.717, 1.165) is 12.1 Å². The second-order valence-corrected chi connectivity index (χ2v) is 2.50. The van der Waals surface area contributed by atoms with Crippen molar-refractivity contribution in [1.82, 2.24) is 0 Å². The molecule has 0 unspecified atom stereocenters. The van der Waals surface area contributed by atoms with Crippen LogP contribution in [-0.2, 0) is 11.4 Å². The molecule has 0 saturated heterocycles. The zero-order chi connectivity index (χ0) is 9.14. The van der Waals surface area contributed by atoms with Gasteiger partial charge in [0.25, 0.3) is 0 Å². The Kier molecular flexibility index (Phi) is 2.73. The number of halogens is 2. The predicted molar refractivity (Wildman–Crippen MR) is 40.1 cm³/mol. The average molecular weight is 173 g/mol. The molecule has 0 atom stereocenters. The third kappa shape index (κ3) is 1.78. The molecule has 1 rings (SSSR count). The summed E-state index contributed by atoms with van der Waals surface area (Å²) in [5, 5.41) is 0. The number of nitrogens with two attached hydrogens (primary N) is 1. The Hall–Kier alpha value is -1.00. The fraction of sp³-hybridized carbons (Fsp3) is 0.250. The molecule has 0 aliphatic heterocycles. The summed E-state index contributed by atoms with van der Waals surface area (Å²) in [4.78, 5) is 4.20. The highest BCUT2D eigenvalue weighted by Gasteiger charge is 2.06. The van der Waals surface area contributed by atoms with Crippen LogP contribution in [0, 0.1) is 18.6 Å². The molecule has 0 aromatic heterocycles. The normalized spacial score (nSPS) is 10.3. The molecule has 1 aromatic rings. The van der Waals surface area contributed by atoms with Crippen LogP contribution in [0.3, 0.4) is 0 Å². The minimum Gasteiger partial charge on any atom is -0.300 e. The first-order chi connectivity index (χ1) is 5.65. The molecule has 0 heterocycles. The Morgan fingerprint density at radius 1 is 1.33 bits per heavy atom. The van der Waals surface area contributed by atoms with Gasteiger partial charge in [0.15, 0.2) is 0 Å². The van der Waals surface area contributed by atoms with Crippen molar-refractivity contribution >= 4 is 0 Å². The molecule has 2 N–H and O–H groups in total. The van der Waals surface area contributed by atoms with Crippen LogP contribution in [0.15, 0.2) is 12.1 Å². The van der Waals surface area contributed by atoms with Crippen LogP contribution in [0.2, 0.25) is 0 Å². The summed E-state index contributed by atoms with van der Waals surface area (Å²) in [7, 11) is 0. The largest absolute Gasteiger partial charge is 0.300 e. The molecule has 4 heteroatoms. The second kappa shape index (κ2) is 3.60. The van der Waals surface area contributed by atoms with Crippen LogP contribution < -0.4 is 5.90 Å². The Labute approximate surface area is 68.9 Å². The maximum Gasteiger partial charge on any atom is 0.129 e. The summed E-state index contributed by atoms with van der Waals surface area (Å²) in [6, 6.07) is 2.20. The van der Waals surface area contributed by atoms with Crippen molar-refractivity contribution in [2.24, 2.45) is 5.90 Å². The molecule has 66 valence electrons. The highest BCUT2D eigenvalue weighted by Crippen LogP contribution is 2.14. The zero-order valence-corrected chi connectivity index (χ0v) is 6.60. The quantitative estimate of drug-likeness (QED) is 0.690. The topological polar surface area (TPSA) is 35.2 Å². The second-order valence-electron chi connectivity index (χ2n) is 2.50. The molecule has 0 amide bonds. The van der Waals surface area contributed by atoms with Gasteiger partial charge in [-0.05, 0) is 24.6 Å². The summed E-state index contributed by atoms with van der Waals surface area (Å²) in [6.45, 7) is 1.37. The minimum absolute atomic E-state index is 0.122. The van der Waals surface area contributed by atoms with E-state index in [2.05, 4.69) is 4.84 Å². The molecule has 0 fully saturated rings. The monoisotopic (exact) mass is 173 g/mol. The summed E-state index contributed by atoms with van der Waals surface area (Å²) >= 11 is 0. The molecule has 0 radical (unpaired) electrons.